The summed E-state index contributed by atoms with van der Waals surface area (Å²) in [6.07, 6.45) is -4.33. The van der Waals surface area contributed by atoms with Gasteiger partial charge in [0.15, 0.2) is 5.84 Å². The van der Waals surface area contributed by atoms with Crippen molar-refractivity contribution in [3.63, 3.8) is 0 Å². The summed E-state index contributed by atoms with van der Waals surface area (Å²) in [4.78, 5) is 0. The van der Waals surface area contributed by atoms with E-state index in [-0.39, 0.29) is 19.0 Å². The predicted octanol–water partition coefficient (Wildman–Crippen LogP) is 1.74. The Morgan fingerprint density at radius 3 is 2.37 bits per heavy atom. The van der Waals surface area contributed by atoms with Crippen LogP contribution in [0.5, 0.6) is 5.75 Å². The SMILES string of the molecule is N/C(=N/O)c1ccc(OCCOCC(F)(F)F)cc1. The van der Waals surface area contributed by atoms with Crippen molar-refractivity contribution in [1.29, 1.82) is 0 Å². The van der Waals surface area contributed by atoms with Gasteiger partial charge in [-0.05, 0) is 24.3 Å². The molecule has 0 aliphatic rings. The Bertz CT molecular complexity index is 418. The zero-order valence-corrected chi connectivity index (χ0v) is 9.85. The number of nitrogens with zero attached hydrogens (tertiary/aromatic N) is 1. The Labute approximate surface area is 107 Å². The monoisotopic (exact) mass is 278 g/mol. The number of hydrogen-bond donors (Lipinski definition) is 2. The molecular weight excluding hydrogens is 265 g/mol. The van der Waals surface area contributed by atoms with Crippen LogP contribution in [0.1, 0.15) is 5.56 Å². The lowest BCUT2D eigenvalue weighted by Gasteiger charge is -2.09. The average Bonchev–Trinajstić information content (AvgIpc) is 2.37. The fourth-order valence-corrected chi connectivity index (χ4v) is 1.19. The number of oxime groups is 1. The standard InChI is InChI=1S/C11H13F3N2O3/c12-11(13,14)7-18-5-6-19-9-3-1-8(2-4-9)10(15)16-17/h1-4,17H,5-7H2,(H2,15,16). The summed E-state index contributed by atoms with van der Waals surface area (Å²) in [6, 6.07) is 6.22. The number of ether oxygens (including phenoxy) is 2. The van der Waals surface area contributed by atoms with E-state index in [1.807, 2.05) is 0 Å². The summed E-state index contributed by atoms with van der Waals surface area (Å²) in [6.45, 7) is -1.46. The van der Waals surface area contributed by atoms with E-state index in [2.05, 4.69) is 9.89 Å². The Morgan fingerprint density at radius 2 is 1.84 bits per heavy atom. The second kappa shape index (κ2) is 6.83. The van der Waals surface area contributed by atoms with Crippen LogP contribution in [0.15, 0.2) is 29.4 Å². The largest absolute Gasteiger partial charge is 0.491 e. The molecule has 0 aliphatic heterocycles. The van der Waals surface area contributed by atoms with Crippen LogP contribution in [0.3, 0.4) is 0 Å². The molecule has 0 aliphatic carbocycles. The molecule has 0 radical (unpaired) electrons. The first-order valence-electron chi connectivity index (χ1n) is 5.27. The summed E-state index contributed by atoms with van der Waals surface area (Å²) >= 11 is 0. The summed E-state index contributed by atoms with van der Waals surface area (Å²) in [5, 5.41) is 11.3. The van der Waals surface area contributed by atoms with Gasteiger partial charge < -0.3 is 20.4 Å². The molecule has 106 valence electrons. The molecule has 0 amide bonds. The van der Waals surface area contributed by atoms with Gasteiger partial charge in [-0.25, -0.2) is 0 Å². The van der Waals surface area contributed by atoms with Crippen LogP contribution in [0.2, 0.25) is 0 Å². The normalized spacial score (nSPS) is 12.5. The first kappa shape index (κ1) is 15.1. The van der Waals surface area contributed by atoms with Crippen LogP contribution in [-0.2, 0) is 4.74 Å². The molecular formula is C11H13F3N2O3. The van der Waals surface area contributed by atoms with Crippen molar-refractivity contribution < 1.29 is 27.9 Å². The first-order chi connectivity index (χ1) is 8.92. The minimum Gasteiger partial charge on any atom is -0.491 e. The topological polar surface area (TPSA) is 77.1 Å². The first-order valence-corrected chi connectivity index (χ1v) is 5.27. The summed E-state index contributed by atoms with van der Waals surface area (Å²) < 4.78 is 44.8. The van der Waals surface area contributed by atoms with Crippen molar-refractivity contribution in [3.8, 4) is 5.75 Å². The highest BCUT2D eigenvalue weighted by Gasteiger charge is 2.27. The van der Waals surface area contributed by atoms with Gasteiger partial charge in [-0.15, -0.1) is 0 Å². The van der Waals surface area contributed by atoms with Gasteiger partial charge in [0.05, 0.1) is 6.61 Å². The van der Waals surface area contributed by atoms with E-state index in [0.29, 0.717) is 11.3 Å². The molecule has 0 heterocycles. The molecule has 1 aromatic rings. The second-order valence-corrected chi connectivity index (χ2v) is 3.53. The molecule has 1 aromatic carbocycles. The van der Waals surface area contributed by atoms with Gasteiger partial charge >= 0.3 is 6.18 Å². The molecule has 0 saturated carbocycles. The molecule has 0 atom stereocenters. The van der Waals surface area contributed by atoms with Crippen molar-refractivity contribution in [3.05, 3.63) is 29.8 Å². The highest BCUT2D eigenvalue weighted by Crippen LogP contribution is 2.15. The third-order valence-electron chi connectivity index (χ3n) is 2.02. The third kappa shape index (κ3) is 5.96. The number of benzene rings is 1. The van der Waals surface area contributed by atoms with Gasteiger partial charge in [-0.3, -0.25) is 0 Å². The average molecular weight is 278 g/mol. The van der Waals surface area contributed by atoms with Crippen LogP contribution >= 0.6 is 0 Å². The predicted molar refractivity (Wildman–Crippen MR) is 61.3 cm³/mol. The van der Waals surface area contributed by atoms with Crippen molar-refractivity contribution in [2.45, 2.75) is 6.18 Å². The van der Waals surface area contributed by atoms with Crippen LogP contribution in [0.4, 0.5) is 13.2 Å². The van der Waals surface area contributed by atoms with Crippen molar-refractivity contribution >= 4 is 5.84 Å². The highest BCUT2D eigenvalue weighted by molar-refractivity contribution is 5.97. The molecule has 0 bridgehead atoms. The summed E-state index contributed by atoms with van der Waals surface area (Å²) in [5.74, 6) is 0.408. The molecule has 0 spiro atoms. The van der Waals surface area contributed by atoms with E-state index >= 15 is 0 Å². The van der Waals surface area contributed by atoms with Crippen LogP contribution in [-0.4, -0.2) is 37.0 Å². The molecule has 1 rings (SSSR count). The van der Waals surface area contributed by atoms with Gasteiger partial charge in [0.25, 0.3) is 0 Å². The maximum atomic E-state index is 11.8. The molecule has 0 aromatic heterocycles. The fourth-order valence-electron chi connectivity index (χ4n) is 1.19. The maximum absolute atomic E-state index is 11.8. The number of halogens is 3. The van der Waals surface area contributed by atoms with Gasteiger partial charge in [0.1, 0.15) is 19.0 Å². The van der Waals surface area contributed by atoms with Gasteiger partial charge in [0, 0.05) is 5.56 Å². The highest BCUT2D eigenvalue weighted by atomic mass is 19.4. The minimum atomic E-state index is -4.33. The lowest BCUT2D eigenvalue weighted by Crippen LogP contribution is -2.19. The van der Waals surface area contributed by atoms with Crippen LogP contribution in [0.25, 0.3) is 0 Å². The van der Waals surface area contributed by atoms with Gasteiger partial charge in [-0.1, -0.05) is 5.16 Å². The third-order valence-corrected chi connectivity index (χ3v) is 2.02. The lowest BCUT2D eigenvalue weighted by molar-refractivity contribution is -0.175. The molecule has 8 heteroatoms. The Hall–Kier alpha value is -1.96. The quantitative estimate of drug-likeness (QED) is 0.273. The van der Waals surface area contributed by atoms with Crippen molar-refractivity contribution in [1.82, 2.24) is 0 Å². The number of alkyl halides is 3. The van der Waals surface area contributed by atoms with E-state index in [4.69, 9.17) is 15.7 Å². The molecule has 0 saturated heterocycles. The van der Waals surface area contributed by atoms with E-state index < -0.39 is 12.8 Å². The zero-order chi connectivity index (χ0) is 14.3. The molecule has 0 fully saturated rings. The van der Waals surface area contributed by atoms with E-state index in [9.17, 15) is 13.2 Å². The second-order valence-electron chi connectivity index (χ2n) is 3.53. The van der Waals surface area contributed by atoms with E-state index in [0.717, 1.165) is 0 Å². The number of nitrogens with two attached hydrogens (primary N) is 1. The maximum Gasteiger partial charge on any atom is 0.411 e. The summed E-state index contributed by atoms with van der Waals surface area (Å²) in [5.41, 5.74) is 5.86. The minimum absolute atomic E-state index is 0.000994. The van der Waals surface area contributed by atoms with Gasteiger partial charge in [0.2, 0.25) is 0 Å². The van der Waals surface area contributed by atoms with Gasteiger partial charge in [-0.2, -0.15) is 13.2 Å². The molecule has 5 nitrogen and oxygen atoms in total. The fraction of sp³-hybridized carbons (Fsp3) is 0.364. The molecule has 0 unspecified atom stereocenters. The summed E-state index contributed by atoms with van der Waals surface area (Å²) in [7, 11) is 0. The van der Waals surface area contributed by atoms with E-state index in [1.54, 1.807) is 24.3 Å². The van der Waals surface area contributed by atoms with Crippen molar-refractivity contribution in [2.24, 2.45) is 10.9 Å². The number of hydrogen-bond acceptors (Lipinski definition) is 4. The number of rotatable bonds is 6. The number of amidine groups is 1. The molecule has 3 N–H and O–H groups in total. The van der Waals surface area contributed by atoms with Crippen molar-refractivity contribution in [2.75, 3.05) is 19.8 Å². The molecule has 19 heavy (non-hydrogen) atoms. The van der Waals surface area contributed by atoms with Crippen LogP contribution < -0.4 is 10.5 Å². The Balaban J connectivity index is 2.31. The van der Waals surface area contributed by atoms with Crippen LogP contribution in [0, 0.1) is 0 Å². The smallest absolute Gasteiger partial charge is 0.411 e. The Morgan fingerprint density at radius 1 is 1.21 bits per heavy atom. The Kier molecular flexibility index (Phi) is 5.43. The van der Waals surface area contributed by atoms with E-state index in [1.165, 1.54) is 0 Å². The lowest BCUT2D eigenvalue weighted by atomic mass is 10.2. The zero-order valence-electron chi connectivity index (χ0n) is 9.85.